The molecule has 0 N–H and O–H groups in total. The van der Waals surface area contributed by atoms with Crippen LogP contribution < -0.4 is 18.9 Å². The molecular weight excluding hydrogens is 588 g/mol. The van der Waals surface area contributed by atoms with Crippen LogP contribution in [0.5, 0.6) is 23.0 Å². The van der Waals surface area contributed by atoms with E-state index in [-0.39, 0.29) is 17.0 Å². The van der Waals surface area contributed by atoms with Crippen molar-refractivity contribution in [2.45, 2.75) is 18.8 Å². The molecule has 0 amide bonds. The van der Waals surface area contributed by atoms with Gasteiger partial charge in [0.25, 0.3) is 0 Å². The molecule has 0 fully saturated rings. The second-order valence-electron chi connectivity index (χ2n) is 8.79. The highest BCUT2D eigenvalue weighted by Crippen LogP contribution is 2.31. The van der Waals surface area contributed by atoms with Crippen LogP contribution in [0.4, 0.5) is 5.69 Å². The van der Waals surface area contributed by atoms with Gasteiger partial charge in [0.05, 0.1) is 34.1 Å². The Labute approximate surface area is 251 Å². The third-order valence-electron chi connectivity index (χ3n) is 6.11. The minimum absolute atomic E-state index is 0. The summed E-state index contributed by atoms with van der Waals surface area (Å²) in [4.78, 5) is 7.44. The fourth-order valence-corrected chi connectivity index (χ4v) is 4.95. The Kier molecular flexibility index (Phi) is 12.2. The van der Waals surface area contributed by atoms with Gasteiger partial charge in [0.2, 0.25) is 0 Å². The number of ether oxygens (including phenoxy) is 4. The maximum absolute atomic E-state index is 5.51. The van der Waals surface area contributed by atoms with Crippen molar-refractivity contribution in [1.82, 2.24) is 4.90 Å². The maximum atomic E-state index is 5.51. The standard InChI is InChI=1S/C32H34N2O4S.BrH/c1-35-28-14-10-24(11-15-28)21-34(22-25-12-16-29(36-2)17-13-25)32(39-23-26-8-6-5-7-9-26)33-27-18-30(37-3)20-31(19-27)38-4;/h5-20H,21-23H2,1-4H3;1H. The van der Waals surface area contributed by atoms with E-state index in [0.717, 1.165) is 39.2 Å². The summed E-state index contributed by atoms with van der Waals surface area (Å²) in [5.41, 5.74) is 4.30. The van der Waals surface area contributed by atoms with Crippen LogP contribution in [0.1, 0.15) is 16.7 Å². The molecule has 0 aromatic heterocycles. The van der Waals surface area contributed by atoms with Crippen molar-refractivity contribution in [2.75, 3.05) is 28.4 Å². The number of amidine groups is 1. The van der Waals surface area contributed by atoms with Gasteiger partial charge in [-0.25, -0.2) is 4.99 Å². The molecule has 6 nitrogen and oxygen atoms in total. The number of aliphatic imine (C=N–C) groups is 1. The zero-order valence-electron chi connectivity index (χ0n) is 23.2. The van der Waals surface area contributed by atoms with Gasteiger partial charge in [0, 0.05) is 37.0 Å². The van der Waals surface area contributed by atoms with E-state index in [1.165, 1.54) is 5.56 Å². The Morgan fingerprint density at radius 1 is 0.600 bits per heavy atom. The first-order chi connectivity index (χ1) is 19.1. The first-order valence-electron chi connectivity index (χ1n) is 12.6. The topological polar surface area (TPSA) is 52.5 Å². The van der Waals surface area contributed by atoms with Crippen LogP contribution in [-0.4, -0.2) is 38.5 Å². The maximum Gasteiger partial charge on any atom is 0.165 e. The van der Waals surface area contributed by atoms with E-state index in [1.54, 1.807) is 40.2 Å². The zero-order chi connectivity index (χ0) is 27.5. The molecule has 0 saturated heterocycles. The van der Waals surface area contributed by atoms with Gasteiger partial charge < -0.3 is 23.8 Å². The summed E-state index contributed by atoms with van der Waals surface area (Å²) in [6.45, 7) is 1.33. The second kappa shape index (κ2) is 15.8. The lowest BCUT2D eigenvalue weighted by molar-refractivity contribution is 0.394. The van der Waals surface area contributed by atoms with Crippen LogP contribution in [0.2, 0.25) is 0 Å². The van der Waals surface area contributed by atoms with Gasteiger partial charge in [-0.1, -0.05) is 66.4 Å². The highest BCUT2D eigenvalue weighted by Gasteiger charge is 2.16. The van der Waals surface area contributed by atoms with Gasteiger partial charge in [0.15, 0.2) is 5.17 Å². The van der Waals surface area contributed by atoms with Crippen molar-refractivity contribution in [3.8, 4) is 23.0 Å². The lowest BCUT2D eigenvalue weighted by Crippen LogP contribution is -2.28. The first kappa shape index (κ1) is 30.9. The summed E-state index contributed by atoms with van der Waals surface area (Å²) in [6.07, 6.45) is 0. The molecule has 4 aromatic rings. The largest absolute Gasteiger partial charge is 0.497 e. The Hall–Kier alpha value is -3.62. The summed E-state index contributed by atoms with van der Waals surface area (Å²) in [6, 6.07) is 32.4. The molecule has 4 rings (SSSR count). The molecule has 0 aliphatic heterocycles. The van der Waals surface area contributed by atoms with Crippen LogP contribution in [-0.2, 0) is 18.8 Å². The summed E-state index contributed by atoms with van der Waals surface area (Å²) < 4.78 is 21.8. The SMILES string of the molecule is Br.COc1ccc(CN(Cc2ccc(OC)cc2)C(=Nc2cc(OC)cc(OC)c2)SCc2ccccc2)cc1. The van der Waals surface area contributed by atoms with E-state index in [2.05, 4.69) is 53.4 Å². The molecule has 0 atom stereocenters. The molecule has 0 aliphatic carbocycles. The van der Waals surface area contributed by atoms with Crippen molar-refractivity contribution in [2.24, 2.45) is 4.99 Å². The van der Waals surface area contributed by atoms with E-state index < -0.39 is 0 Å². The van der Waals surface area contributed by atoms with E-state index in [9.17, 15) is 0 Å². The average molecular weight is 624 g/mol. The molecule has 40 heavy (non-hydrogen) atoms. The molecule has 4 aromatic carbocycles. The normalized spacial score (nSPS) is 10.8. The van der Waals surface area contributed by atoms with Crippen molar-refractivity contribution >= 4 is 39.6 Å². The van der Waals surface area contributed by atoms with Gasteiger partial charge in [-0.2, -0.15) is 0 Å². The molecule has 0 radical (unpaired) electrons. The second-order valence-corrected chi connectivity index (χ2v) is 9.73. The van der Waals surface area contributed by atoms with Crippen LogP contribution in [0.3, 0.4) is 0 Å². The van der Waals surface area contributed by atoms with Crippen molar-refractivity contribution in [3.63, 3.8) is 0 Å². The van der Waals surface area contributed by atoms with Crippen LogP contribution in [0, 0.1) is 0 Å². The zero-order valence-corrected chi connectivity index (χ0v) is 25.7. The third kappa shape index (κ3) is 8.96. The summed E-state index contributed by atoms with van der Waals surface area (Å²) in [5.74, 6) is 3.82. The number of rotatable bonds is 11. The molecule has 210 valence electrons. The van der Waals surface area contributed by atoms with E-state index in [1.807, 2.05) is 48.5 Å². The smallest absolute Gasteiger partial charge is 0.165 e. The van der Waals surface area contributed by atoms with Gasteiger partial charge in [-0.05, 0) is 41.0 Å². The average Bonchev–Trinajstić information content (AvgIpc) is 3.00. The minimum atomic E-state index is 0. The highest BCUT2D eigenvalue weighted by molar-refractivity contribution is 8.93. The molecule has 8 heteroatoms. The number of halogens is 1. The molecular formula is C32H35BrN2O4S. The Morgan fingerprint density at radius 3 is 1.52 bits per heavy atom. The lowest BCUT2D eigenvalue weighted by atomic mass is 10.1. The first-order valence-corrected chi connectivity index (χ1v) is 13.6. The monoisotopic (exact) mass is 622 g/mol. The summed E-state index contributed by atoms with van der Waals surface area (Å²) >= 11 is 1.70. The van der Waals surface area contributed by atoms with Gasteiger partial charge in [-0.3, -0.25) is 0 Å². The summed E-state index contributed by atoms with van der Waals surface area (Å²) in [5, 5.41) is 0.890. The predicted octanol–water partition coefficient (Wildman–Crippen LogP) is 7.92. The van der Waals surface area contributed by atoms with E-state index in [4.69, 9.17) is 23.9 Å². The van der Waals surface area contributed by atoms with E-state index in [0.29, 0.717) is 24.6 Å². The molecule has 0 spiro atoms. The van der Waals surface area contributed by atoms with Crippen molar-refractivity contribution < 1.29 is 18.9 Å². The van der Waals surface area contributed by atoms with Gasteiger partial charge >= 0.3 is 0 Å². The molecule has 0 aliphatic rings. The van der Waals surface area contributed by atoms with Crippen molar-refractivity contribution in [1.29, 1.82) is 0 Å². The molecule has 0 saturated carbocycles. The van der Waals surface area contributed by atoms with Crippen LogP contribution in [0.25, 0.3) is 0 Å². The molecule has 0 heterocycles. The molecule has 0 unspecified atom stereocenters. The number of hydrogen-bond donors (Lipinski definition) is 0. The fourth-order valence-electron chi connectivity index (χ4n) is 3.98. The quantitative estimate of drug-likeness (QED) is 0.125. The van der Waals surface area contributed by atoms with Gasteiger partial charge in [-0.15, -0.1) is 17.0 Å². The number of benzene rings is 4. The number of nitrogens with zero attached hydrogens (tertiary/aromatic N) is 2. The minimum Gasteiger partial charge on any atom is -0.497 e. The number of hydrogen-bond acceptors (Lipinski definition) is 6. The lowest BCUT2D eigenvalue weighted by Gasteiger charge is -2.26. The Bertz CT molecular complexity index is 1280. The van der Waals surface area contributed by atoms with Crippen LogP contribution in [0.15, 0.2) is 102 Å². The Morgan fingerprint density at radius 2 is 1.07 bits per heavy atom. The third-order valence-corrected chi connectivity index (χ3v) is 7.19. The molecule has 0 bridgehead atoms. The van der Waals surface area contributed by atoms with E-state index >= 15 is 0 Å². The number of thioether (sulfide) groups is 1. The summed E-state index contributed by atoms with van der Waals surface area (Å²) in [7, 11) is 6.65. The predicted molar refractivity (Wildman–Crippen MR) is 170 cm³/mol. The fraction of sp³-hybridized carbons (Fsp3) is 0.219. The Balaban J connectivity index is 0.00000441. The van der Waals surface area contributed by atoms with Crippen LogP contribution >= 0.6 is 28.7 Å². The number of methoxy groups -OCH3 is 4. The highest BCUT2D eigenvalue weighted by atomic mass is 79.9. The van der Waals surface area contributed by atoms with Gasteiger partial charge in [0.1, 0.15) is 23.0 Å². The van der Waals surface area contributed by atoms with Crippen molar-refractivity contribution in [3.05, 3.63) is 114 Å².